The SMILES string of the molecule is CCNC(C)c1ccnc(OCCOC)c1. The number of rotatable bonds is 7. The lowest BCUT2D eigenvalue weighted by Crippen LogP contribution is -2.17. The van der Waals surface area contributed by atoms with Crippen LogP contribution in [0, 0.1) is 0 Å². The molecule has 1 aromatic rings. The van der Waals surface area contributed by atoms with Crippen molar-refractivity contribution in [3.63, 3.8) is 0 Å². The van der Waals surface area contributed by atoms with E-state index in [9.17, 15) is 0 Å². The van der Waals surface area contributed by atoms with Gasteiger partial charge in [-0.05, 0) is 25.1 Å². The Labute approximate surface area is 97.0 Å². The predicted octanol–water partition coefficient (Wildman–Crippen LogP) is 1.78. The lowest BCUT2D eigenvalue weighted by Gasteiger charge is -2.13. The first kappa shape index (κ1) is 12.9. The van der Waals surface area contributed by atoms with Crippen molar-refractivity contribution in [2.45, 2.75) is 19.9 Å². The van der Waals surface area contributed by atoms with E-state index in [1.54, 1.807) is 13.3 Å². The molecule has 0 spiro atoms. The topological polar surface area (TPSA) is 43.4 Å². The summed E-state index contributed by atoms with van der Waals surface area (Å²) in [6.07, 6.45) is 1.77. The Morgan fingerprint density at radius 3 is 2.94 bits per heavy atom. The standard InChI is InChI=1S/C12H20N2O2/c1-4-13-10(2)11-5-6-14-12(9-11)16-8-7-15-3/h5-6,9-10,13H,4,7-8H2,1-3H3. The number of methoxy groups -OCH3 is 1. The monoisotopic (exact) mass is 224 g/mol. The zero-order chi connectivity index (χ0) is 11.8. The minimum absolute atomic E-state index is 0.317. The number of hydrogen-bond acceptors (Lipinski definition) is 4. The fourth-order valence-electron chi connectivity index (χ4n) is 1.43. The molecule has 1 unspecified atom stereocenters. The maximum atomic E-state index is 5.45. The second kappa shape index (κ2) is 7.19. The minimum atomic E-state index is 0.317. The molecule has 1 N–H and O–H groups in total. The molecule has 90 valence electrons. The largest absolute Gasteiger partial charge is 0.475 e. The van der Waals surface area contributed by atoms with E-state index in [-0.39, 0.29) is 0 Å². The Kier molecular flexibility index (Phi) is 5.82. The van der Waals surface area contributed by atoms with Gasteiger partial charge in [0.05, 0.1) is 6.61 Å². The second-order valence-corrected chi connectivity index (χ2v) is 3.55. The van der Waals surface area contributed by atoms with Crippen LogP contribution in [0.3, 0.4) is 0 Å². The number of pyridine rings is 1. The van der Waals surface area contributed by atoms with Crippen molar-refractivity contribution in [2.75, 3.05) is 26.9 Å². The Bertz CT molecular complexity index is 305. The van der Waals surface area contributed by atoms with Gasteiger partial charge in [-0.25, -0.2) is 4.98 Å². The van der Waals surface area contributed by atoms with Gasteiger partial charge in [-0.3, -0.25) is 0 Å². The summed E-state index contributed by atoms with van der Waals surface area (Å²) >= 11 is 0. The molecule has 0 aliphatic rings. The summed E-state index contributed by atoms with van der Waals surface area (Å²) in [5.41, 5.74) is 1.18. The first-order chi connectivity index (χ1) is 7.77. The Morgan fingerprint density at radius 2 is 2.25 bits per heavy atom. The van der Waals surface area contributed by atoms with Crippen molar-refractivity contribution >= 4 is 0 Å². The van der Waals surface area contributed by atoms with Gasteiger partial charge < -0.3 is 14.8 Å². The minimum Gasteiger partial charge on any atom is -0.475 e. The van der Waals surface area contributed by atoms with E-state index in [0.29, 0.717) is 25.1 Å². The third-order valence-corrected chi connectivity index (χ3v) is 2.31. The summed E-state index contributed by atoms with van der Waals surface area (Å²) in [5, 5.41) is 3.35. The quantitative estimate of drug-likeness (QED) is 0.717. The number of aromatic nitrogens is 1. The van der Waals surface area contributed by atoms with E-state index < -0.39 is 0 Å². The normalized spacial score (nSPS) is 12.4. The molecule has 0 saturated heterocycles. The van der Waals surface area contributed by atoms with Gasteiger partial charge in [0.2, 0.25) is 5.88 Å². The Hall–Kier alpha value is -1.13. The molecule has 0 amide bonds. The van der Waals surface area contributed by atoms with Crippen LogP contribution in [-0.4, -0.2) is 31.9 Å². The summed E-state index contributed by atoms with van der Waals surface area (Å²) in [5.74, 6) is 0.652. The fourth-order valence-corrected chi connectivity index (χ4v) is 1.43. The highest BCUT2D eigenvalue weighted by molar-refractivity contribution is 5.23. The van der Waals surface area contributed by atoms with Crippen LogP contribution < -0.4 is 10.1 Å². The molecule has 0 aliphatic heterocycles. The molecule has 0 fully saturated rings. The molecule has 1 aromatic heterocycles. The first-order valence-corrected chi connectivity index (χ1v) is 5.59. The zero-order valence-corrected chi connectivity index (χ0v) is 10.2. The van der Waals surface area contributed by atoms with E-state index in [1.807, 2.05) is 12.1 Å². The van der Waals surface area contributed by atoms with Gasteiger partial charge in [0.1, 0.15) is 6.61 Å². The van der Waals surface area contributed by atoms with Gasteiger partial charge in [0, 0.05) is 25.4 Å². The van der Waals surface area contributed by atoms with Gasteiger partial charge in [0.25, 0.3) is 0 Å². The van der Waals surface area contributed by atoms with Crippen LogP contribution in [0.4, 0.5) is 0 Å². The van der Waals surface area contributed by atoms with E-state index in [1.165, 1.54) is 5.56 Å². The number of hydrogen-bond donors (Lipinski definition) is 1. The number of nitrogens with one attached hydrogen (secondary N) is 1. The maximum Gasteiger partial charge on any atom is 0.213 e. The van der Waals surface area contributed by atoms with E-state index in [2.05, 4.69) is 24.1 Å². The molecule has 0 radical (unpaired) electrons. The molecule has 4 heteroatoms. The van der Waals surface area contributed by atoms with Crippen molar-refractivity contribution in [3.05, 3.63) is 23.9 Å². The summed E-state index contributed by atoms with van der Waals surface area (Å²) in [6, 6.07) is 4.28. The van der Waals surface area contributed by atoms with Crippen LogP contribution in [0.15, 0.2) is 18.3 Å². The smallest absolute Gasteiger partial charge is 0.213 e. The fraction of sp³-hybridized carbons (Fsp3) is 0.583. The van der Waals surface area contributed by atoms with Crippen LogP contribution in [0.2, 0.25) is 0 Å². The molecule has 16 heavy (non-hydrogen) atoms. The molecular weight excluding hydrogens is 204 g/mol. The van der Waals surface area contributed by atoms with Crippen molar-refractivity contribution in [1.29, 1.82) is 0 Å². The molecule has 0 aromatic carbocycles. The molecule has 1 heterocycles. The molecule has 1 atom stereocenters. The molecule has 1 rings (SSSR count). The average Bonchev–Trinajstić information content (AvgIpc) is 2.30. The van der Waals surface area contributed by atoms with Gasteiger partial charge in [-0.2, -0.15) is 0 Å². The van der Waals surface area contributed by atoms with Crippen molar-refractivity contribution in [2.24, 2.45) is 0 Å². The first-order valence-electron chi connectivity index (χ1n) is 5.59. The van der Waals surface area contributed by atoms with Gasteiger partial charge >= 0.3 is 0 Å². The predicted molar refractivity (Wildman–Crippen MR) is 63.7 cm³/mol. The molecular formula is C12H20N2O2. The maximum absolute atomic E-state index is 5.45. The average molecular weight is 224 g/mol. The highest BCUT2D eigenvalue weighted by atomic mass is 16.5. The van der Waals surface area contributed by atoms with Crippen molar-refractivity contribution in [1.82, 2.24) is 10.3 Å². The molecule has 0 aliphatic carbocycles. The van der Waals surface area contributed by atoms with E-state index in [4.69, 9.17) is 9.47 Å². The lowest BCUT2D eigenvalue weighted by molar-refractivity contribution is 0.143. The van der Waals surface area contributed by atoms with Crippen LogP contribution in [0.5, 0.6) is 5.88 Å². The third-order valence-electron chi connectivity index (χ3n) is 2.31. The summed E-state index contributed by atoms with van der Waals surface area (Å²) < 4.78 is 10.4. The van der Waals surface area contributed by atoms with Gasteiger partial charge in [-0.15, -0.1) is 0 Å². The van der Waals surface area contributed by atoms with Crippen LogP contribution >= 0.6 is 0 Å². The number of nitrogens with zero attached hydrogens (tertiary/aromatic N) is 1. The molecule has 0 saturated carbocycles. The van der Waals surface area contributed by atoms with E-state index >= 15 is 0 Å². The third kappa shape index (κ3) is 4.16. The second-order valence-electron chi connectivity index (χ2n) is 3.55. The van der Waals surface area contributed by atoms with Crippen molar-refractivity contribution in [3.8, 4) is 5.88 Å². The van der Waals surface area contributed by atoms with Crippen molar-refractivity contribution < 1.29 is 9.47 Å². The molecule has 4 nitrogen and oxygen atoms in total. The van der Waals surface area contributed by atoms with E-state index in [0.717, 1.165) is 6.54 Å². The van der Waals surface area contributed by atoms with Crippen LogP contribution in [-0.2, 0) is 4.74 Å². The van der Waals surface area contributed by atoms with Gasteiger partial charge in [0.15, 0.2) is 0 Å². The lowest BCUT2D eigenvalue weighted by atomic mass is 10.1. The molecule has 0 bridgehead atoms. The summed E-state index contributed by atoms with van der Waals surface area (Å²) in [7, 11) is 1.65. The Balaban J connectivity index is 2.56. The summed E-state index contributed by atoms with van der Waals surface area (Å²) in [6.45, 7) is 6.27. The zero-order valence-electron chi connectivity index (χ0n) is 10.2. The summed E-state index contributed by atoms with van der Waals surface area (Å²) in [4.78, 5) is 4.15. The van der Waals surface area contributed by atoms with Gasteiger partial charge in [-0.1, -0.05) is 6.92 Å². The highest BCUT2D eigenvalue weighted by Gasteiger charge is 2.05. The number of ether oxygens (including phenoxy) is 2. The van der Waals surface area contributed by atoms with Crippen LogP contribution in [0.1, 0.15) is 25.5 Å². The highest BCUT2D eigenvalue weighted by Crippen LogP contribution is 2.16. The van der Waals surface area contributed by atoms with Crippen LogP contribution in [0.25, 0.3) is 0 Å². The Morgan fingerprint density at radius 1 is 1.44 bits per heavy atom.